The summed E-state index contributed by atoms with van der Waals surface area (Å²) in [6.07, 6.45) is 1.72. The Morgan fingerprint density at radius 3 is 2.71 bits per heavy atom. The summed E-state index contributed by atoms with van der Waals surface area (Å²) in [6.45, 7) is 5.78. The lowest BCUT2D eigenvalue weighted by molar-refractivity contribution is 0.0528. The minimum absolute atomic E-state index is 0.259. The van der Waals surface area contributed by atoms with Gasteiger partial charge in [-0.25, -0.2) is 14.6 Å². The smallest absolute Gasteiger partial charge is 0.407 e. The Morgan fingerprint density at radius 1 is 1.32 bits per heavy atom. The van der Waals surface area contributed by atoms with E-state index in [9.17, 15) is 9.59 Å². The number of aromatic nitrogens is 1. The normalized spacial score (nSPS) is 10.7. The lowest BCUT2D eigenvalue weighted by Crippen LogP contribution is -2.33. The summed E-state index contributed by atoms with van der Waals surface area (Å²) >= 11 is 7.24. The summed E-state index contributed by atoms with van der Waals surface area (Å²) in [5, 5.41) is 17.5. The van der Waals surface area contributed by atoms with Crippen LogP contribution in [0.1, 0.15) is 31.2 Å². The molecule has 0 unspecified atom stereocenters. The van der Waals surface area contributed by atoms with Gasteiger partial charge in [0, 0.05) is 29.7 Å². The van der Waals surface area contributed by atoms with Gasteiger partial charge < -0.3 is 15.4 Å². The fraction of sp³-hybridized carbons (Fsp3) is 0.333. The van der Waals surface area contributed by atoms with Crippen LogP contribution in [0.2, 0.25) is 5.02 Å². The van der Waals surface area contributed by atoms with Gasteiger partial charge in [-0.05, 0) is 39.0 Å². The number of rotatable bonds is 5. The molecule has 2 rings (SSSR count). The molecule has 8 nitrogen and oxygen atoms in total. The molecule has 28 heavy (non-hydrogen) atoms. The molecule has 3 amide bonds. The number of amides is 3. The van der Waals surface area contributed by atoms with Crippen molar-refractivity contribution in [3.8, 4) is 6.07 Å². The molecular formula is C18H20ClN5O3S. The van der Waals surface area contributed by atoms with Crippen LogP contribution in [-0.4, -0.2) is 29.3 Å². The third-order valence-electron chi connectivity index (χ3n) is 3.16. The Hall–Kier alpha value is -2.83. The van der Waals surface area contributed by atoms with E-state index in [1.165, 1.54) is 23.5 Å². The number of thiazole rings is 1. The van der Waals surface area contributed by atoms with E-state index in [2.05, 4.69) is 20.9 Å². The molecule has 10 heteroatoms. The molecule has 0 aliphatic carbocycles. The van der Waals surface area contributed by atoms with Gasteiger partial charge in [0.15, 0.2) is 5.13 Å². The molecule has 0 aliphatic heterocycles. The zero-order chi connectivity index (χ0) is 20.7. The predicted molar refractivity (Wildman–Crippen MR) is 109 cm³/mol. The van der Waals surface area contributed by atoms with Gasteiger partial charge in [-0.1, -0.05) is 11.6 Å². The molecule has 1 heterocycles. The Kier molecular flexibility index (Phi) is 7.20. The van der Waals surface area contributed by atoms with Gasteiger partial charge in [-0.3, -0.25) is 5.32 Å². The highest BCUT2D eigenvalue weighted by molar-refractivity contribution is 7.15. The van der Waals surface area contributed by atoms with Gasteiger partial charge in [-0.2, -0.15) is 5.26 Å². The first-order chi connectivity index (χ1) is 13.2. The summed E-state index contributed by atoms with van der Waals surface area (Å²) in [4.78, 5) is 28.7. The van der Waals surface area contributed by atoms with Crippen LogP contribution in [0.3, 0.4) is 0 Å². The number of nitrogens with zero attached hydrogens (tertiary/aromatic N) is 2. The highest BCUT2D eigenvalue weighted by Gasteiger charge is 2.15. The zero-order valence-electron chi connectivity index (χ0n) is 15.6. The first kappa shape index (κ1) is 21.5. The molecule has 1 aromatic heterocycles. The van der Waals surface area contributed by atoms with Crippen molar-refractivity contribution in [2.75, 3.05) is 17.2 Å². The van der Waals surface area contributed by atoms with Crippen molar-refractivity contribution in [1.29, 1.82) is 5.26 Å². The van der Waals surface area contributed by atoms with E-state index < -0.39 is 17.7 Å². The van der Waals surface area contributed by atoms with Crippen molar-refractivity contribution in [3.63, 3.8) is 0 Å². The Morgan fingerprint density at radius 2 is 2.07 bits per heavy atom. The summed E-state index contributed by atoms with van der Waals surface area (Å²) in [6, 6.07) is 6.08. The van der Waals surface area contributed by atoms with Gasteiger partial charge in [0.25, 0.3) is 0 Å². The lowest BCUT2D eigenvalue weighted by Gasteiger charge is -2.19. The average molecular weight is 422 g/mol. The number of nitriles is 1. The maximum atomic E-state index is 12.1. The van der Waals surface area contributed by atoms with Crippen molar-refractivity contribution in [2.45, 2.75) is 32.8 Å². The van der Waals surface area contributed by atoms with Crippen molar-refractivity contribution < 1.29 is 14.3 Å². The van der Waals surface area contributed by atoms with E-state index in [4.69, 9.17) is 21.6 Å². The second-order valence-corrected chi connectivity index (χ2v) is 8.22. The summed E-state index contributed by atoms with van der Waals surface area (Å²) < 4.78 is 5.16. The Labute approximate surface area is 171 Å². The second kappa shape index (κ2) is 9.39. The number of ether oxygens (including phenoxy) is 1. The summed E-state index contributed by atoms with van der Waals surface area (Å²) in [7, 11) is 0. The van der Waals surface area contributed by atoms with Gasteiger partial charge in [0.1, 0.15) is 11.7 Å². The molecule has 148 valence electrons. The van der Waals surface area contributed by atoms with E-state index in [-0.39, 0.29) is 5.02 Å². The molecule has 0 saturated carbocycles. The molecule has 0 spiro atoms. The van der Waals surface area contributed by atoms with E-state index in [1.54, 1.807) is 33.0 Å². The monoisotopic (exact) mass is 421 g/mol. The molecule has 0 saturated heterocycles. The first-order valence-corrected chi connectivity index (χ1v) is 9.55. The topological polar surface area (TPSA) is 116 Å². The molecular weight excluding hydrogens is 402 g/mol. The number of benzene rings is 1. The summed E-state index contributed by atoms with van der Waals surface area (Å²) in [5.74, 6) is 0. The zero-order valence-corrected chi connectivity index (χ0v) is 17.2. The van der Waals surface area contributed by atoms with Crippen molar-refractivity contribution in [1.82, 2.24) is 10.3 Å². The Bertz CT molecular complexity index is 901. The molecule has 0 bridgehead atoms. The number of carbonyl (C=O) groups excluding carboxylic acids is 2. The second-order valence-electron chi connectivity index (χ2n) is 6.70. The summed E-state index contributed by atoms with van der Waals surface area (Å²) in [5.41, 5.74) is 0.245. The maximum Gasteiger partial charge on any atom is 0.407 e. The predicted octanol–water partition coefficient (Wildman–Crippen LogP) is 4.38. The molecule has 0 atom stereocenters. The highest BCUT2D eigenvalue weighted by Crippen LogP contribution is 2.21. The fourth-order valence-corrected chi connectivity index (χ4v) is 3.06. The van der Waals surface area contributed by atoms with Crippen LogP contribution in [-0.2, 0) is 11.2 Å². The van der Waals surface area contributed by atoms with Crippen molar-refractivity contribution in [3.05, 3.63) is 39.9 Å². The van der Waals surface area contributed by atoms with Crippen LogP contribution in [0.25, 0.3) is 0 Å². The van der Waals surface area contributed by atoms with Crippen LogP contribution in [0.5, 0.6) is 0 Å². The van der Waals surface area contributed by atoms with Gasteiger partial charge in [0.05, 0.1) is 10.6 Å². The van der Waals surface area contributed by atoms with Crippen molar-refractivity contribution >= 4 is 45.9 Å². The van der Waals surface area contributed by atoms with Crippen LogP contribution in [0.15, 0.2) is 24.4 Å². The first-order valence-electron chi connectivity index (χ1n) is 8.35. The van der Waals surface area contributed by atoms with Crippen LogP contribution in [0.4, 0.5) is 20.4 Å². The minimum Gasteiger partial charge on any atom is -0.444 e. The van der Waals surface area contributed by atoms with Gasteiger partial charge in [-0.15, -0.1) is 11.3 Å². The number of anilines is 2. The van der Waals surface area contributed by atoms with Gasteiger partial charge in [0.2, 0.25) is 0 Å². The molecule has 0 fully saturated rings. The average Bonchev–Trinajstić information content (AvgIpc) is 3.00. The molecule has 0 aliphatic rings. The van der Waals surface area contributed by atoms with Gasteiger partial charge >= 0.3 is 12.1 Å². The van der Waals surface area contributed by atoms with Crippen LogP contribution >= 0.6 is 22.9 Å². The number of hydrogen-bond acceptors (Lipinski definition) is 6. The van der Waals surface area contributed by atoms with Crippen LogP contribution in [0, 0.1) is 11.3 Å². The maximum absolute atomic E-state index is 12.1. The van der Waals surface area contributed by atoms with E-state index in [0.29, 0.717) is 29.3 Å². The van der Waals surface area contributed by atoms with Crippen LogP contribution < -0.4 is 16.0 Å². The molecule has 2 aromatic rings. The number of halogens is 1. The minimum atomic E-state index is -0.543. The third kappa shape index (κ3) is 7.06. The number of carbonyl (C=O) groups is 2. The SMILES string of the molecule is CC(C)(C)OC(=O)NCCc1cnc(NC(=O)Nc2ccc(C#N)c(Cl)c2)s1. The molecule has 1 aromatic carbocycles. The number of nitrogens with one attached hydrogen (secondary N) is 3. The largest absolute Gasteiger partial charge is 0.444 e. The highest BCUT2D eigenvalue weighted by atomic mass is 35.5. The quantitative estimate of drug-likeness (QED) is 0.662. The Balaban J connectivity index is 1.80. The fourth-order valence-electron chi connectivity index (χ4n) is 2.03. The molecule has 3 N–H and O–H groups in total. The lowest BCUT2D eigenvalue weighted by atomic mass is 10.2. The third-order valence-corrected chi connectivity index (χ3v) is 4.45. The van der Waals surface area contributed by atoms with E-state index >= 15 is 0 Å². The van der Waals surface area contributed by atoms with Crippen molar-refractivity contribution in [2.24, 2.45) is 0 Å². The number of alkyl carbamates (subject to hydrolysis) is 1. The van der Waals surface area contributed by atoms with E-state index in [0.717, 1.165) is 4.88 Å². The van der Waals surface area contributed by atoms with E-state index in [1.807, 2.05) is 6.07 Å². The number of hydrogen-bond donors (Lipinski definition) is 3. The molecule has 0 radical (unpaired) electrons. The standard InChI is InChI=1S/C18H20ClN5O3S/c1-18(2,3)27-17(26)21-7-6-13-10-22-16(28-13)24-15(25)23-12-5-4-11(9-20)14(19)8-12/h4-5,8,10H,6-7H2,1-3H3,(H,21,26)(H2,22,23,24,25). The number of urea groups is 1.